The van der Waals surface area contributed by atoms with E-state index in [1.807, 2.05) is 6.92 Å². The van der Waals surface area contributed by atoms with Crippen molar-refractivity contribution in [3.05, 3.63) is 83.2 Å². The summed E-state index contributed by atoms with van der Waals surface area (Å²) in [6.45, 7) is 2.32. The van der Waals surface area contributed by atoms with Crippen LogP contribution in [0, 0.1) is 5.82 Å². The molecule has 0 radical (unpaired) electrons. The van der Waals surface area contributed by atoms with Crippen LogP contribution in [0.5, 0.6) is 17.2 Å². The average molecular weight is 535 g/mol. The molecule has 0 saturated carbocycles. The Morgan fingerprint density at radius 1 is 1.03 bits per heavy atom. The van der Waals surface area contributed by atoms with E-state index in [0.29, 0.717) is 45.2 Å². The van der Waals surface area contributed by atoms with E-state index in [1.54, 1.807) is 42.5 Å². The molecule has 1 atom stereocenters. The summed E-state index contributed by atoms with van der Waals surface area (Å²) < 4.78 is 30.8. The molecule has 1 fully saturated rings. The number of ketones is 1. The number of rotatable bonds is 7. The summed E-state index contributed by atoms with van der Waals surface area (Å²) in [6.07, 6.45) is 0. The highest BCUT2D eigenvalue weighted by Crippen LogP contribution is 2.47. The maximum atomic E-state index is 13.9. The Kier molecular flexibility index (Phi) is 6.73. The van der Waals surface area contributed by atoms with Gasteiger partial charge < -0.3 is 19.3 Å². The van der Waals surface area contributed by atoms with E-state index >= 15 is 0 Å². The number of aliphatic hydroxyl groups is 1. The van der Waals surface area contributed by atoms with E-state index in [9.17, 15) is 19.1 Å². The summed E-state index contributed by atoms with van der Waals surface area (Å²) in [5.74, 6) is -1.17. The largest absolute Gasteiger partial charge is 0.507 e. The van der Waals surface area contributed by atoms with E-state index in [4.69, 9.17) is 14.2 Å². The molecule has 10 heteroatoms. The van der Waals surface area contributed by atoms with E-state index in [-0.39, 0.29) is 16.5 Å². The van der Waals surface area contributed by atoms with Gasteiger partial charge in [-0.15, -0.1) is 0 Å². The van der Waals surface area contributed by atoms with Gasteiger partial charge in [0.25, 0.3) is 5.78 Å². The number of halogens is 1. The molecule has 8 nitrogen and oxygen atoms in total. The van der Waals surface area contributed by atoms with Crippen LogP contribution in [0.1, 0.15) is 24.1 Å². The van der Waals surface area contributed by atoms with Crippen LogP contribution in [0.3, 0.4) is 0 Å². The summed E-state index contributed by atoms with van der Waals surface area (Å²) >= 11 is 1.06. The van der Waals surface area contributed by atoms with Gasteiger partial charge in [0.2, 0.25) is 0 Å². The fourth-order valence-electron chi connectivity index (χ4n) is 4.40. The van der Waals surface area contributed by atoms with Gasteiger partial charge in [0.1, 0.15) is 34.9 Å². The van der Waals surface area contributed by atoms with Crippen molar-refractivity contribution in [2.75, 3.05) is 25.7 Å². The second kappa shape index (κ2) is 10.1. The number of hydrogen-bond donors (Lipinski definition) is 1. The van der Waals surface area contributed by atoms with E-state index in [1.165, 1.54) is 37.3 Å². The maximum Gasteiger partial charge on any atom is 0.301 e. The van der Waals surface area contributed by atoms with Crippen molar-refractivity contribution in [1.82, 2.24) is 4.98 Å². The second-order valence-corrected chi connectivity index (χ2v) is 9.35. The fraction of sp³-hybridized carbons (Fsp3) is 0.179. The molecule has 0 bridgehead atoms. The second-order valence-electron chi connectivity index (χ2n) is 8.34. The predicted octanol–water partition coefficient (Wildman–Crippen LogP) is 5.48. The standard InChI is InChI=1S/C28H23FN2O6S/c1-4-37-17-8-5-15(6-9-17)25(32)23-24(19-14-18(35-2)10-12-21(19)36-3)31(27(34)26(23)33)28-30-20-11-7-16(29)13-22(20)38-28/h5-14,24,32H,4H2,1-3H3/b25-23+/t24-/m0/s1. The third-order valence-corrected chi connectivity index (χ3v) is 7.18. The number of Topliss-reactive ketones (excluding diaryl/α,β-unsaturated/α-hetero) is 1. The number of aromatic nitrogens is 1. The molecule has 1 amide bonds. The van der Waals surface area contributed by atoms with Gasteiger partial charge in [0, 0.05) is 11.1 Å². The quantitative estimate of drug-likeness (QED) is 0.191. The highest BCUT2D eigenvalue weighted by Gasteiger charge is 2.49. The van der Waals surface area contributed by atoms with E-state index < -0.39 is 23.5 Å². The zero-order valence-corrected chi connectivity index (χ0v) is 21.5. The smallest absolute Gasteiger partial charge is 0.301 e. The first-order valence-electron chi connectivity index (χ1n) is 11.7. The number of carbonyl (C=O) groups is 2. The Morgan fingerprint density at radius 3 is 2.45 bits per heavy atom. The number of hydrogen-bond acceptors (Lipinski definition) is 8. The number of amides is 1. The highest BCUT2D eigenvalue weighted by molar-refractivity contribution is 7.22. The first-order valence-corrected chi connectivity index (χ1v) is 12.5. The lowest BCUT2D eigenvalue weighted by atomic mass is 9.94. The molecule has 1 aliphatic rings. The lowest BCUT2D eigenvalue weighted by Gasteiger charge is -2.25. The normalized spacial score (nSPS) is 16.7. The summed E-state index contributed by atoms with van der Waals surface area (Å²) in [4.78, 5) is 32.7. The number of anilines is 1. The summed E-state index contributed by atoms with van der Waals surface area (Å²) in [5.41, 5.74) is 1.06. The number of fused-ring (bicyclic) bond motifs is 1. The van der Waals surface area contributed by atoms with E-state index in [2.05, 4.69) is 4.98 Å². The van der Waals surface area contributed by atoms with Gasteiger partial charge in [-0.1, -0.05) is 11.3 Å². The number of ether oxygens (including phenoxy) is 3. The van der Waals surface area contributed by atoms with Crippen LogP contribution in [-0.2, 0) is 9.59 Å². The molecule has 0 aliphatic carbocycles. The molecule has 3 aromatic carbocycles. The van der Waals surface area contributed by atoms with Gasteiger partial charge in [-0.05, 0) is 67.6 Å². The molecule has 1 saturated heterocycles. The minimum absolute atomic E-state index is 0.142. The minimum Gasteiger partial charge on any atom is -0.507 e. The third kappa shape index (κ3) is 4.32. The summed E-state index contributed by atoms with van der Waals surface area (Å²) in [5, 5.41) is 11.6. The summed E-state index contributed by atoms with van der Waals surface area (Å²) in [7, 11) is 2.95. The van der Waals surface area contributed by atoms with Crippen LogP contribution in [0.25, 0.3) is 16.0 Å². The molecule has 0 unspecified atom stereocenters. The molecule has 194 valence electrons. The third-order valence-electron chi connectivity index (χ3n) is 6.16. The van der Waals surface area contributed by atoms with Crippen molar-refractivity contribution in [2.45, 2.75) is 13.0 Å². The van der Waals surface area contributed by atoms with Crippen molar-refractivity contribution in [2.24, 2.45) is 0 Å². The lowest BCUT2D eigenvalue weighted by Crippen LogP contribution is -2.29. The molecule has 5 rings (SSSR count). The predicted molar refractivity (Wildman–Crippen MR) is 142 cm³/mol. The Hall–Kier alpha value is -4.44. The molecule has 0 spiro atoms. The Labute approximate surface area is 221 Å². The first kappa shape index (κ1) is 25.2. The number of carbonyl (C=O) groups excluding carboxylic acids is 2. The molecule has 1 aromatic heterocycles. The monoisotopic (exact) mass is 534 g/mol. The van der Waals surface area contributed by atoms with Crippen LogP contribution in [0.4, 0.5) is 9.52 Å². The zero-order chi connectivity index (χ0) is 27.0. The Bertz CT molecular complexity index is 1580. The molecular weight excluding hydrogens is 511 g/mol. The van der Waals surface area contributed by atoms with Gasteiger partial charge in [0.05, 0.1) is 36.6 Å². The molecule has 38 heavy (non-hydrogen) atoms. The van der Waals surface area contributed by atoms with Crippen molar-refractivity contribution in [3.63, 3.8) is 0 Å². The van der Waals surface area contributed by atoms with Crippen LogP contribution in [-0.4, -0.2) is 42.6 Å². The zero-order valence-electron chi connectivity index (χ0n) is 20.7. The number of benzene rings is 3. The van der Waals surface area contributed by atoms with Gasteiger partial charge in [-0.25, -0.2) is 9.37 Å². The van der Waals surface area contributed by atoms with E-state index in [0.717, 1.165) is 11.3 Å². The first-order chi connectivity index (χ1) is 18.4. The number of nitrogens with zero attached hydrogens (tertiary/aromatic N) is 2. The number of thiazole rings is 1. The summed E-state index contributed by atoms with van der Waals surface area (Å²) in [6, 6.07) is 14.5. The van der Waals surface area contributed by atoms with Gasteiger partial charge >= 0.3 is 5.91 Å². The number of aliphatic hydroxyl groups excluding tert-OH is 1. The van der Waals surface area contributed by atoms with Gasteiger partial charge in [0.15, 0.2) is 5.13 Å². The maximum absolute atomic E-state index is 13.9. The van der Waals surface area contributed by atoms with Crippen LogP contribution >= 0.6 is 11.3 Å². The Morgan fingerprint density at radius 2 is 1.76 bits per heavy atom. The van der Waals surface area contributed by atoms with Crippen LogP contribution in [0.15, 0.2) is 66.2 Å². The van der Waals surface area contributed by atoms with Gasteiger partial charge in [-0.3, -0.25) is 14.5 Å². The molecular formula is C28H23FN2O6S. The van der Waals surface area contributed by atoms with Crippen molar-refractivity contribution in [1.29, 1.82) is 0 Å². The van der Waals surface area contributed by atoms with Crippen molar-refractivity contribution >= 4 is 44.1 Å². The molecule has 1 aliphatic heterocycles. The van der Waals surface area contributed by atoms with Crippen molar-refractivity contribution in [3.8, 4) is 17.2 Å². The topological polar surface area (TPSA) is 98.2 Å². The highest BCUT2D eigenvalue weighted by atomic mass is 32.1. The minimum atomic E-state index is -1.10. The molecule has 1 N–H and O–H groups in total. The number of methoxy groups -OCH3 is 2. The Balaban J connectivity index is 1.74. The molecule has 4 aromatic rings. The average Bonchev–Trinajstić information content (AvgIpc) is 3.45. The van der Waals surface area contributed by atoms with Gasteiger partial charge in [-0.2, -0.15) is 0 Å². The SMILES string of the molecule is CCOc1ccc(/C(O)=C2\C(=O)C(=O)N(c3nc4ccc(F)cc4s3)[C@H]2c2cc(OC)ccc2OC)cc1. The van der Waals surface area contributed by atoms with Crippen molar-refractivity contribution < 1.29 is 33.3 Å². The molecule has 2 heterocycles. The van der Waals surface area contributed by atoms with Crippen LogP contribution < -0.4 is 19.1 Å². The lowest BCUT2D eigenvalue weighted by molar-refractivity contribution is -0.132. The fourth-order valence-corrected chi connectivity index (χ4v) is 5.41. The van der Waals surface area contributed by atoms with Crippen LogP contribution in [0.2, 0.25) is 0 Å².